The average Bonchev–Trinajstić information content (AvgIpc) is 2.68. The molecule has 3 heterocycles. The maximum Gasteiger partial charge on any atom is 0.261 e. The second-order valence-corrected chi connectivity index (χ2v) is 6.17. The number of ether oxygens (including phenoxy) is 1. The van der Waals surface area contributed by atoms with E-state index in [0.717, 1.165) is 42.0 Å². The van der Waals surface area contributed by atoms with E-state index < -0.39 is 0 Å². The number of rotatable bonds is 0. The third kappa shape index (κ3) is 1.34. The number of nitrogens with zero attached hydrogens (tertiary/aromatic N) is 2. The third-order valence-electron chi connectivity index (χ3n) is 3.84. The minimum atomic E-state index is 0.0753. The summed E-state index contributed by atoms with van der Waals surface area (Å²) in [5, 5.41) is 0.694. The van der Waals surface area contributed by atoms with Gasteiger partial charge in [0.05, 0.1) is 24.1 Å². The fourth-order valence-corrected chi connectivity index (χ4v) is 3.20. The van der Waals surface area contributed by atoms with E-state index in [4.69, 9.17) is 4.74 Å². The smallest absolute Gasteiger partial charge is 0.261 e. The van der Waals surface area contributed by atoms with E-state index in [9.17, 15) is 4.79 Å². The molecule has 0 atom stereocenters. The summed E-state index contributed by atoms with van der Waals surface area (Å²) in [5.74, 6) is 0.897. The normalized spacial score (nSPS) is 20.1. The van der Waals surface area contributed by atoms with Crippen LogP contribution in [0.1, 0.15) is 5.82 Å². The molecule has 1 saturated heterocycles. The molecule has 4 rings (SSSR count). The Morgan fingerprint density at radius 3 is 2.94 bits per heavy atom. The largest absolute Gasteiger partial charge is 0.380 e. The second kappa shape index (κ2) is 3.42. The number of hydrogen-bond donors (Lipinski definition) is 0. The Morgan fingerprint density at radius 1 is 1.39 bits per heavy atom. The number of fused-ring (bicyclic) bond motifs is 2. The van der Waals surface area contributed by atoms with Gasteiger partial charge in [0, 0.05) is 22.9 Å². The lowest BCUT2D eigenvalue weighted by atomic mass is 9.85. The molecule has 5 heteroatoms. The molecule has 2 aliphatic heterocycles. The highest BCUT2D eigenvalue weighted by Gasteiger charge is 2.45. The van der Waals surface area contributed by atoms with Crippen LogP contribution in [0.25, 0.3) is 10.9 Å². The SMILES string of the molecule is O=c1c2ccc(Br)cc2nc2n1CC1(COC1)C2. The molecule has 0 radical (unpaired) electrons. The molecule has 2 aliphatic rings. The Bertz CT molecular complexity index is 719. The number of hydrogen-bond acceptors (Lipinski definition) is 3. The molecule has 1 aromatic carbocycles. The fourth-order valence-electron chi connectivity index (χ4n) is 2.85. The first-order valence-corrected chi connectivity index (χ1v) is 6.73. The van der Waals surface area contributed by atoms with Gasteiger partial charge in [-0.3, -0.25) is 9.36 Å². The van der Waals surface area contributed by atoms with Crippen LogP contribution in [0.2, 0.25) is 0 Å². The first-order chi connectivity index (χ1) is 8.67. The minimum absolute atomic E-state index is 0.0753. The lowest BCUT2D eigenvalue weighted by Gasteiger charge is -2.36. The molecule has 2 aromatic rings. The van der Waals surface area contributed by atoms with Crippen molar-refractivity contribution in [1.29, 1.82) is 0 Å². The lowest BCUT2D eigenvalue weighted by molar-refractivity contribution is -0.111. The van der Waals surface area contributed by atoms with Crippen LogP contribution in [-0.2, 0) is 17.7 Å². The molecule has 0 saturated carbocycles. The van der Waals surface area contributed by atoms with Crippen LogP contribution < -0.4 is 5.56 Å². The fraction of sp³-hybridized carbons (Fsp3) is 0.385. The summed E-state index contributed by atoms with van der Waals surface area (Å²) in [7, 11) is 0. The monoisotopic (exact) mass is 306 g/mol. The van der Waals surface area contributed by atoms with Gasteiger partial charge in [-0.05, 0) is 18.2 Å². The third-order valence-corrected chi connectivity index (χ3v) is 4.33. The van der Waals surface area contributed by atoms with E-state index in [1.807, 2.05) is 22.8 Å². The zero-order valence-electron chi connectivity index (χ0n) is 9.65. The van der Waals surface area contributed by atoms with Crippen LogP contribution in [0.3, 0.4) is 0 Å². The summed E-state index contributed by atoms with van der Waals surface area (Å²) in [6.07, 6.45) is 0.852. The zero-order chi connectivity index (χ0) is 12.3. The van der Waals surface area contributed by atoms with Crippen molar-refractivity contribution in [3.8, 4) is 0 Å². The van der Waals surface area contributed by atoms with E-state index in [0.29, 0.717) is 5.39 Å². The van der Waals surface area contributed by atoms with Gasteiger partial charge in [-0.2, -0.15) is 0 Å². The highest BCUT2D eigenvalue weighted by atomic mass is 79.9. The van der Waals surface area contributed by atoms with Gasteiger partial charge < -0.3 is 4.74 Å². The van der Waals surface area contributed by atoms with Crippen molar-refractivity contribution in [2.24, 2.45) is 5.41 Å². The van der Waals surface area contributed by atoms with E-state index in [-0.39, 0.29) is 11.0 Å². The second-order valence-electron chi connectivity index (χ2n) is 5.25. The predicted molar refractivity (Wildman–Crippen MR) is 70.7 cm³/mol. The van der Waals surface area contributed by atoms with Crippen molar-refractivity contribution in [3.05, 3.63) is 38.9 Å². The summed E-state index contributed by atoms with van der Waals surface area (Å²) in [5.41, 5.74) is 0.984. The predicted octanol–water partition coefficient (Wildman–Crippen LogP) is 1.73. The number of aromatic nitrogens is 2. The van der Waals surface area contributed by atoms with Gasteiger partial charge in [0.15, 0.2) is 0 Å². The number of halogens is 1. The van der Waals surface area contributed by atoms with Crippen molar-refractivity contribution < 1.29 is 4.74 Å². The van der Waals surface area contributed by atoms with Crippen LogP contribution >= 0.6 is 15.9 Å². The molecule has 0 aliphatic carbocycles. The Hall–Kier alpha value is -1.20. The molecule has 0 unspecified atom stereocenters. The summed E-state index contributed by atoms with van der Waals surface area (Å²) in [6, 6.07) is 5.62. The van der Waals surface area contributed by atoms with Gasteiger partial charge in [-0.25, -0.2) is 4.98 Å². The summed E-state index contributed by atoms with van der Waals surface area (Å²) >= 11 is 3.42. The number of benzene rings is 1. The molecule has 0 bridgehead atoms. The molecule has 0 amide bonds. The van der Waals surface area contributed by atoms with Gasteiger partial charge in [-0.15, -0.1) is 0 Å². The maximum absolute atomic E-state index is 12.4. The minimum Gasteiger partial charge on any atom is -0.380 e. The summed E-state index contributed by atoms with van der Waals surface area (Å²) < 4.78 is 8.07. The molecule has 0 N–H and O–H groups in total. The molecule has 1 fully saturated rings. The maximum atomic E-state index is 12.4. The van der Waals surface area contributed by atoms with E-state index in [1.165, 1.54) is 0 Å². The van der Waals surface area contributed by atoms with Gasteiger partial charge in [0.2, 0.25) is 0 Å². The lowest BCUT2D eigenvalue weighted by Crippen LogP contribution is -2.44. The van der Waals surface area contributed by atoms with Gasteiger partial charge >= 0.3 is 0 Å². The van der Waals surface area contributed by atoms with Gasteiger partial charge in [0.25, 0.3) is 5.56 Å². The van der Waals surface area contributed by atoms with Crippen molar-refractivity contribution in [2.45, 2.75) is 13.0 Å². The quantitative estimate of drug-likeness (QED) is 0.744. The van der Waals surface area contributed by atoms with Crippen molar-refractivity contribution >= 4 is 26.8 Å². The van der Waals surface area contributed by atoms with E-state index in [1.54, 1.807) is 0 Å². The van der Waals surface area contributed by atoms with Gasteiger partial charge in [-0.1, -0.05) is 15.9 Å². The van der Waals surface area contributed by atoms with Crippen LogP contribution in [0, 0.1) is 5.41 Å². The van der Waals surface area contributed by atoms with Gasteiger partial charge in [0.1, 0.15) is 5.82 Å². The highest BCUT2D eigenvalue weighted by Crippen LogP contribution is 2.37. The first kappa shape index (κ1) is 10.7. The first-order valence-electron chi connectivity index (χ1n) is 5.94. The van der Waals surface area contributed by atoms with Crippen LogP contribution in [0.4, 0.5) is 0 Å². The van der Waals surface area contributed by atoms with Crippen LogP contribution in [-0.4, -0.2) is 22.8 Å². The standard InChI is InChI=1S/C13H11BrN2O2/c14-8-1-2-9-10(3-8)15-11-4-13(6-18-7-13)5-16(11)12(9)17/h1-3H,4-7H2. The molecule has 1 aromatic heterocycles. The van der Waals surface area contributed by atoms with E-state index in [2.05, 4.69) is 20.9 Å². The average molecular weight is 307 g/mol. The van der Waals surface area contributed by atoms with Crippen LogP contribution in [0.15, 0.2) is 27.5 Å². The van der Waals surface area contributed by atoms with E-state index >= 15 is 0 Å². The van der Waals surface area contributed by atoms with Crippen LogP contribution in [0.5, 0.6) is 0 Å². The molecular formula is C13H11BrN2O2. The summed E-state index contributed by atoms with van der Waals surface area (Å²) in [4.78, 5) is 17.1. The molecule has 1 spiro atoms. The Kier molecular flexibility index (Phi) is 2.03. The molecule has 18 heavy (non-hydrogen) atoms. The molecular weight excluding hydrogens is 296 g/mol. The topological polar surface area (TPSA) is 44.1 Å². The Balaban J connectivity index is 1.97. The molecule has 92 valence electrons. The van der Waals surface area contributed by atoms with Crippen molar-refractivity contribution in [3.63, 3.8) is 0 Å². The molecule has 4 nitrogen and oxygen atoms in total. The van der Waals surface area contributed by atoms with Crippen molar-refractivity contribution in [2.75, 3.05) is 13.2 Å². The summed E-state index contributed by atoms with van der Waals surface area (Å²) in [6.45, 7) is 2.24. The Morgan fingerprint density at radius 2 is 2.22 bits per heavy atom. The Labute approximate surface area is 112 Å². The van der Waals surface area contributed by atoms with Crippen molar-refractivity contribution in [1.82, 2.24) is 9.55 Å². The highest BCUT2D eigenvalue weighted by molar-refractivity contribution is 9.10. The zero-order valence-corrected chi connectivity index (χ0v) is 11.2.